The number of carbonyl (C=O) groups excluding carboxylic acids is 4. The fourth-order valence-electron chi connectivity index (χ4n) is 5.17. The van der Waals surface area contributed by atoms with Gasteiger partial charge < -0.3 is 25.0 Å². The number of halogens is 4. The van der Waals surface area contributed by atoms with Crippen LogP contribution in [0.2, 0.25) is 0 Å². The van der Waals surface area contributed by atoms with Crippen LogP contribution in [0.3, 0.4) is 0 Å². The van der Waals surface area contributed by atoms with Gasteiger partial charge in [-0.1, -0.05) is 18.2 Å². The number of nitrogens with one attached hydrogen (secondary N) is 2. The minimum atomic E-state index is -4.77. The van der Waals surface area contributed by atoms with Gasteiger partial charge in [-0.25, -0.2) is 18.9 Å². The second-order valence-electron chi connectivity index (χ2n) is 10.1. The monoisotopic (exact) mass is 578 g/mol. The molecule has 2 aromatic carbocycles. The molecule has 2 fully saturated rings. The Morgan fingerprint density at radius 2 is 1.85 bits per heavy atom. The molecule has 41 heavy (non-hydrogen) atoms. The average Bonchev–Trinajstić information content (AvgIpc) is 3.72. The summed E-state index contributed by atoms with van der Waals surface area (Å²) in [6, 6.07) is 6.54. The SMILES string of the molecule is CNC(=O)Nc1ccc2c(c1)COCC21OC(=O)N(CC(=O)N(Cc2ccc(F)cc2)C(C2CC2)C(F)(F)F)C1=O. The van der Waals surface area contributed by atoms with Crippen LogP contribution in [0.1, 0.15) is 29.5 Å². The van der Waals surface area contributed by atoms with E-state index in [9.17, 15) is 36.7 Å². The second kappa shape index (κ2) is 10.7. The first kappa shape index (κ1) is 28.3. The Labute approximate surface area is 231 Å². The highest BCUT2D eigenvalue weighted by Gasteiger charge is 2.59. The Hall–Kier alpha value is -4.20. The molecule has 218 valence electrons. The number of benzene rings is 2. The molecule has 5 rings (SSSR count). The van der Waals surface area contributed by atoms with E-state index < -0.39 is 66.6 Å². The van der Waals surface area contributed by atoms with Gasteiger partial charge in [0.2, 0.25) is 11.5 Å². The molecule has 3 aliphatic rings. The van der Waals surface area contributed by atoms with E-state index in [0.29, 0.717) is 21.1 Å². The van der Waals surface area contributed by atoms with Crippen molar-refractivity contribution in [2.75, 3.05) is 25.5 Å². The number of rotatable bonds is 7. The number of ether oxygens (including phenoxy) is 2. The molecule has 5 amide bonds. The number of nitrogens with zero attached hydrogens (tertiary/aromatic N) is 2. The summed E-state index contributed by atoms with van der Waals surface area (Å²) in [5.74, 6) is -3.50. The molecule has 14 heteroatoms. The van der Waals surface area contributed by atoms with Gasteiger partial charge in [-0.3, -0.25) is 9.59 Å². The number of hydrogen-bond donors (Lipinski definition) is 2. The van der Waals surface area contributed by atoms with Gasteiger partial charge in [-0.15, -0.1) is 0 Å². The van der Waals surface area contributed by atoms with E-state index in [1.54, 1.807) is 0 Å². The van der Waals surface area contributed by atoms with Crippen LogP contribution in [0.15, 0.2) is 42.5 Å². The fraction of sp³-hybridized carbons (Fsp3) is 0.407. The number of imide groups is 1. The summed E-state index contributed by atoms with van der Waals surface area (Å²) in [4.78, 5) is 52.7. The third kappa shape index (κ3) is 5.56. The molecular weight excluding hydrogens is 552 g/mol. The molecule has 2 N–H and O–H groups in total. The van der Waals surface area contributed by atoms with Crippen LogP contribution in [-0.2, 0) is 37.8 Å². The zero-order valence-corrected chi connectivity index (χ0v) is 21.8. The van der Waals surface area contributed by atoms with E-state index >= 15 is 0 Å². The zero-order chi connectivity index (χ0) is 29.5. The maximum Gasteiger partial charge on any atom is 0.418 e. The summed E-state index contributed by atoms with van der Waals surface area (Å²) in [5, 5.41) is 4.98. The Kier molecular flexibility index (Phi) is 7.36. The second-order valence-corrected chi connectivity index (χ2v) is 10.1. The van der Waals surface area contributed by atoms with E-state index in [1.807, 2.05) is 0 Å². The molecule has 2 heterocycles. The Morgan fingerprint density at radius 3 is 2.49 bits per heavy atom. The summed E-state index contributed by atoms with van der Waals surface area (Å²) >= 11 is 0. The Balaban J connectivity index is 1.41. The van der Waals surface area contributed by atoms with Crippen molar-refractivity contribution in [1.82, 2.24) is 15.1 Å². The summed E-state index contributed by atoms with van der Waals surface area (Å²) in [6.07, 6.45) is -5.46. The first-order chi connectivity index (χ1) is 19.4. The van der Waals surface area contributed by atoms with Crippen molar-refractivity contribution in [2.24, 2.45) is 5.92 Å². The molecule has 2 aliphatic heterocycles. The van der Waals surface area contributed by atoms with Crippen molar-refractivity contribution in [3.63, 3.8) is 0 Å². The minimum Gasteiger partial charge on any atom is -0.425 e. The standard InChI is InChI=1S/C27H26F4N4O6/c1-32-24(38)33-19-8-9-20-17(10-19)13-40-14-26(20)23(37)35(25(39)41-26)12-21(36)34(11-15-2-6-18(28)7-3-15)22(16-4-5-16)27(29,30)31/h2-3,6-10,16,22H,4-5,11-14H2,1H3,(H2,32,33,38). The van der Waals surface area contributed by atoms with Crippen LogP contribution in [0, 0.1) is 11.7 Å². The van der Waals surface area contributed by atoms with Crippen LogP contribution in [0.5, 0.6) is 0 Å². The van der Waals surface area contributed by atoms with Crippen LogP contribution in [0.25, 0.3) is 0 Å². The molecule has 1 saturated heterocycles. The number of anilines is 1. The van der Waals surface area contributed by atoms with Gasteiger partial charge in [0.15, 0.2) is 0 Å². The van der Waals surface area contributed by atoms with Crippen LogP contribution >= 0.6 is 0 Å². The lowest BCUT2D eigenvalue weighted by atomic mass is 9.87. The van der Waals surface area contributed by atoms with Gasteiger partial charge in [0, 0.05) is 24.8 Å². The predicted molar refractivity (Wildman–Crippen MR) is 134 cm³/mol. The summed E-state index contributed by atoms with van der Waals surface area (Å²) < 4.78 is 66.9. The molecule has 1 spiro atoms. The first-order valence-electron chi connectivity index (χ1n) is 12.8. The summed E-state index contributed by atoms with van der Waals surface area (Å²) in [6.45, 7) is -1.84. The van der Waals surface area contributed by atoms with Crippen LogP contribution < -0.4 is 10.6 Å². The smallest absolute Gasteiger partial charge is 0.418 e. The number of hydrogen-bond acceptors (Lipinski definition) is 6. The molecule has 0 radical (unpaired) electrons. The molecule has 1 saturated carbocycles. The van der Waals surface area contributed by atoms with E-state index in [1.165, 1.54) is 37.4 Å². The fourth-order valence-corrected chi connectivity index (χ4v) is 5.17. The highest BCUT2D eigenvalue weighted by atomic mass is 19.4. The number of fused-ring (bicyclic) bond motifs is 2. The van der Waals surface area contributed by atoms with E-state index in [0.717, 1.165) is 12.1 Å². The Bertz CT molecular complexity index is 1380. The maximum absolute atomic E-state index is 14.2. The van der Waals surface area contributed by atoms with Gasteiger partial charge in [-0.2, -0.15) is 13.2 Å². The lowest BCUT2D eigenvalue weighted by molar-refractivity contribution is -0.196. The van der Waals surface area contributed by atoms with Crippen molar-refractivity contribution in [3.8, 4) is 0 Å². The van der Waals surface area contributed by atoms with E-state index in [4.69, 9.17) is 9.47 Å². The topological polar surface area (TPSA) is 117 Å². The van der Waals surface area contributed by atoms with E-state index in [-0.39, 0.29) is 37.2 Å². The molecule has 0 aromatic heterocycles. The third-order valence-corrected chi connectivity index (χ3v) is 7.28. The van der Waals surface area contributed by atoms with Gasteiger partial charge >= 0.3 is 18.3 Å². The third-order valence-electron chi connectivity index (χ3n) is 7.28. The van der Waals surface area contributed by atoms with Crippen LogP contribution in [-0.4, -0.2) is 66.2 Å². The van der Waals surface area contributed by atoms with Crippen molar-refractivity contribution >= 4 is 29.6 Å². The van der Waals surface area contributed by atoms with Gasteiger partial charge in [0.05, 0.1) is 6.61 Å². The molecular formula is C27H26F4N4O6. The van der Waals surface area contributed by atoms with Crippen molar-refractivity contribution < 1.29 is 46.2 Å². The lowest BCUT2D eigenvalue weighted by Crippen LogP contribution is -2.53. The number of urea groups is 1. The highest BCUT2D eigenvalue weighted by molar-refractivity contribution is 6.06. The number of carbonyl (C=O) groups is 4. The minimum absolute atomic E-state index is 0.0320. The maximum atomic E-state index is 14.2. The molecule has 0 bridgehead atoms. The molecule has 1 aliphatic carbocycles. The molecule has 2 unspecified atom stereocenters. The molecule has 2 atom stereocenters. The summed E-state index contributed by atoms with van der Waals surface area (Å²) in [5.41, 5.74) is -0.616. The van der Waals surface area contributed by atoms with Crippen molar-refractivity contribution in [1.29, 1.82) is 0 Å². The van der Waals surface area contributed by atoms with E-state index in [2.05, 4.69) is 10.6 Å². The lowest BCUT2D eigenvalue weighted by Gasteiger charge is -2.34. The highest BCUT2D eigenvalue weighted by Crippen LogP contribution is 2.44. The van der Waals surface area contributed by atoms with Crippen LogP contribution in [0.4, 0.5) is 32.8 Å². The summed E-state index contributed by atoms with van der Waals surface area (Å²) in [7, 11) is 1.43. The Morgan fingerprint density at radius 1 is 1.15 bits per heavy atom. The van der Waals surface area contributed by atoms with Crippen molar-refractivity contribution in [3.05, 3.63) is 65.0 Å². The van der Waals surface area contributed by atoms with Crippen molar-refractivity contribution in [2.45, 2.75) is 43.8 Å². The normalized spacial score (nSPS) is 20.9. The van der Waals surface area contributed by atoms with Gasteiger partial charge in [0.25, 0.3) is 5.91 Å². The van der Waals surface area contributed by atoms with Gasteiger partial charge in [-0.05, 0) is 54.2 Å². The zero-order valence-electron chi connectivity index (χ0n) is 21.8. The molecule has 10 nitrogen and oxygen atoms in total. The van der Waals surface area contributed by atoms with Gasteiger partial charge in [0.1, 0.15) is 25.0 Å². The quantitative estimate of drug-likeness (QED) is 0.485. The predicted octanol–water partition coefficient (Wildman–Crippen LogP) is 3.65. The number of alkyl halides is 3. The number of amides is 5. The first-order valence-corrected chi connectivity index (χ1v) is 12.8. The molecule has 2 aromatic rings. The average molecular weight is 579 g/mol. The largest absolute Gasteiger partial charge is 0.425 e.